The number of carbonyl (C=O) groups excluding carboxylic acids is 2. The SMILES string of the molecule is Cc1ccc(C2=C(N(C)C3CCN(C)CC3)C(=O)N(c3ccc(F)cc3)C2=O)cc1C. The van der Waals surface area contributed by atoms with Crippen molar-refractivity contribution >= 4 is 23.1 Å². The first-order valence-electron chi connectivity index (χ1n) is 10.7. The highest BCUT2D eigenvalue weighted by molar-refractivity contribution is 6.45. The number of hydrogen-bond donors (Lipinski definition) is 0. The lowest BCUT2D eigenvalue weighted by atomic mass is 9.97. The van der Waals surface area contributed by atoms with E-state index in [4.69, 9.17) is 0 Å². The Morgan fingerprint density at radius 1 is 0.935 bits per heavy atom. The fourth-order valence-electron chi connectivity index (χ4n) is 4.39. The lowest BCUT2D eigenvalue weighted by Gasteiger charge is -2.36. The van der Waals surface area contributed by atoms with Gasteiger partial charge in [0.1, 0.15) is 11.5 Å². The molecule has 2 heterocycles. The van der Waals surface area contributed by atoms with E-state index in [2.05, 4.69) is 11.9 Å². The monoisotopic (exact) mass is 421 g/mol. The summed E-state index contributed by atoms with van der Waals surface area (Å²) in [6.45, 7) is 5.92. The van der Waals surface area contributed by atoms with Gasteiger partial charge in [-0.3, -0.25) is 9.59 Å². The summed E-state index contributed by atoms with van der Waals surface area (Å²) in [6, 6.07) is 11.5. The molecule has 5 nitrogen and oxygen atoms in total. The number of nitrogens with zero attached hydrogens (tertiary/aromatic N) is 3. The van der Waals surface area contributed by atoms with Crippen molar-refractivity contribution in [3.8, 4) is 0 Å². The molecule has 0 aliphatic carbocycles. The van der Waals surface area contributed by atoms with E-state index in [0.717, 1.165) is 42.6 Å². The van der Waals surface area contributed by atoms with Crippen LogP contribution in [0.5, 0.6) is 0 Å². The van der Waals surface area contributed by atoms with Crippen LogP contribution in [0.1, 0.15) is 29.5 Å². The third kappa shape index (κ3) is 3.88. The van der Waals surface area contributed by atoms with E-state index in [1.807, 2.05) is 44.0 Å². The Labute approximate surface area is 182 Å². The molecular weight excluding hydrogens is 393 g/mol. The highest BCUT2D eigenvalue weighted by Gasteiger charge is 2.43. The van der Waals surface area contributed by atoms with E-state index in [9.17, 15) is 14.0 Å². The Kier molecular flexibility index (Phi) is 5.67. The average molecular weight is 422 g/mol. The summed E-state index contributed by atoms with van der Waals surface area (Å²) in [4.78, 5) is 32.6. The van der Waals surface area contributed by atoms with Gasteiger partial charge in [0.15, 0.2) is 0 Å². The van der Waals surface area contributed by atoms with Crippen LogP contribution >= 0.6 is 0 Å². The van der Waals surface area contributed by atoms with Crippen molar-refractivity contribution in [3.05, 3.63) is 70.7 Å². The first kappa shape index (κ1) is 21.2. The van der Waals surface area contributed by atoms with Gasteiger partial charge in [0.05, 0.1) is 11.3 Å². The summed E-state index contributed by atoms with van der Waals surface area (Å²) in [7, 11) is 4.00. The summed E-state index contributed by atoms with van der Waals surface area (Å²) >= 11 is 0. The minimum atomic E-state index is -0.408. The summed E-state index contributed by atoms with van der Waals surface area (Å²) in [5.74, 6) is -1.13. The molecule has 0 spiro atoms. The molecule has 162 valence electrons. The van der Waals surface area contributed by atoms with Crippen molar-refractivity contribution in [1.82, 2.24) is 9.80 Å². The van der Waals surface area contributed by atoms with Gasteiger partial charge in [-0.15, -0.1) is 0 Å². The second-order valence-electron chi connectivity index (χ2n) is 8.59. The van der Waals surface area contributed by atoms with Crippen molar-refractivity contribution in [2.75, 3.05) is 32.1 Å². The third-order valence-corrected chi connectivity index (χ3v) is 6.53. The van der Waals surface area contributed by atoms with Crippen LogP contribution in [0.3, 0.4) is 0 Å². The first-order valence-corrected chi connectivity index (χ1v) is 10.7. The zero-order valence-corrected chi connectivity index (χ0v) is 18.5. The Morgan fingerprint density at radius 3 is 2.19 bits per heavy atom. The van der Waals surface area contributed by atoms with Gasteiger partial charge in [0, 0.05) is 13.1 Å². The number of likely N-dealkylation sites (tertiary alicyclic amines) is 1. The van der Waals surface area contributed by atoms with Crippen LogP contribution in [-0.2, 0) is 9.59 Å². The van der Waals surface area contributed by atoms with Gasteiger partial charge >= 0.3 is 0 Å². The molecule has 2 amide bonds. The van der Waals surface area contributed by atoms with E-state index in [1.165, 1.54) is 29.2 Å². The molecule has 6 heteroatoms. The lowest BCUT2D eigenvalue weighted by Crippen LogP contribution is -2.43. The zero-order chi connectivity index (χ0) is 22.3. The van der Waals surface area contributed by atoms with E-state index < -0.39 is 5.82 Å². The Morgan fingerprint density at radius 2 is 1.58 bits per heavy atom. The predicted molar refractivity (Wildman–Crippen MR) is 120 cm³/mol. The molecular formula is C25H28FN3O2. The van der Waals surface area contributed by atoms with E-state index >= 15 is 0 Å². The highest BCUT2D eigenvalue weighted by atomic mass is 19.1. The van der Waals surface area contributed by atoms with Gasteiger partial charge in [-0.1, -0.05) is 18.2 Å². The van der Waals surface area contributed by atoms with E-state index in [0.29, 0.717) is 17.0 Å². The number of likely N-dealkylation sites (N-methyl/N-ethyl adjacent to an activating group) is 1. The van der Waals surface area contributed by atoms with Crippen molar-refractivity contribution < 1.29 is 14.0 Å². The third-order valence-electron chi connectivity index (χ3n) is 6.53. The second-order valence-corrected chi connectivity index (χ2v) is 8.59. The zero-order valence-electron chi connectivity index (χ0n) is 18.5. The van der Waals surface area contributed by atoms with Gasteiger partial charge < -0.3 is 9.80 Å². The van der Waals surface area contributed by atoms with Crippen LogP contribution in [-0.4, -0.2) is 54.8 Å². The predicted octanol–water partition coefficient (Wildman–Crippen LogP) is 3.75. The maximum atomic E-state index is 13.6. The van der Waals surface area contributed by atoms with Crippen LogP contribution in [0.15, 0.2) is 48.2 Å². The number of hydrogen-bond acceptors (Lipinski definition) is 4. The maximum Gasteiger partial charge on any atom is 0.282 e. The molecule has 2 aromatic carbocycles. The van der Waals surface area contributed by atoms with Crippen molar-refractivity contribution in [1.29, 1.82) is 0 Å². The number of halogens is 1. The van der Waals surface area contributed by atoms with Gasteiger partial charge in [-0.25, -0.2) is 9.29 Å². The number of amides is 2. The average Bonchev–Trinajstić information content (AvgIpc) is 3.01. The molecule has 1 saturated heterocycles. The quantitative estimate of drug-likeness (QED) is 0.706. The Hall–Kier alpha value is -2.99. The fourth-order valence-corrected chi connectivity index (χ4v) is 4.39. The number of piperidine rings is 1. The van der Waals surface area contributed by atoms with Gasteiger partial charge in [0.25, 0.3) is 11.8 Å². The van der Waals surface area contributed by atoms with Crippen molar-refractivity contribution in [2.45, 2.75) is 32.7 Å². The molecule has 0 bridgehead atoms. The molecule has 0 N–H and O–H groups in total. The van der Waals surface area contributed by atoms with Crippen LogP contribution < -0.4 is 4.90 Å². The topological polar surface area (TPSA) is 43.9 Å². The molecule has 4 rings (SSSR count). The molecule has 0 radical (unpaired) electrons. The fraction of sp³-hybridized carbons (Fsp3) is 0.360. The molecule has 0 aromatic heterocycles. The minimum absolute atomic E-state index is 0.178. The Balaban J connectivity index is 1.80. The van der Waals surface area contributed by atoms with Crippen LogP contribution in [0.2, 0.25) is 0 Å². The van der Waals surface area contributed by atoms with Crippen molar-refractivity contribution in [3.63, 3.8) is 0 Å². The van der Waals surface area contributed by atoms with Crippen LogP contribution in [0.25, 0.3) is 5.57 Å². The Bertz CT molecular complexity index is 1050. The van der Waals surface area contributed by atoms with Crippen LogP contribution in [0.4, 0.5) is 10.1 Å². The minimum Gasteiger partial charge on any atom is -0.366 e. The van der Waals surface area contributed by atoms with Crippen molar-refractivity contribution in [2.24, 2.45) is 0 Å². The molecule has 2 aliphatic rings. The molecule has 0 saturated carbocycles. The van der Waals surface area contributed by atoms with Crippen LogP contribution in [0, 0.1) is 19.7 Å². The molecule has 31 heavy (non-hydrogen) atoms. The van der Waals surface area contributed by atoms with E-state index in [-0.39, 0.29) is 17.9 Å². The standard InChI is InChI=1S/C25H28FN3O2/c1-16-5-6-18(15-17(16)2)22-23(28(4)20-11-13-27(3)14-12-20)25(31)29(24(22)30)21-9-7-19(26)8-10-21/h5-10,15,20H,11-14H2,1-4H3. The number of aryl methyl sites for hydroxylation is 2. The summed E-state index contributed by atoms with van der Waals surface area (Å²) in [6.07, 6.45) is 1.85. The van der Waals surface area contributed by atoms with Gasteiger partial charge in [-0.05, 0) is 87.8 Å². The molecule has 0 unspecified atom stereocenters. The first-order chi connectivity index (χ1) is 14.8. The largest absolute Gasteiger partial charge is 0.366 e. The number of anilines is 1. The maximum absolute atomic E-state index is 13.6. The number of rotatable bonds is 4. The number of benzene rings is 2. The molecule has 0 atom stereocenters. The highest BCUT2D eigenvalue weighted by Crippen LogP contribution is 2.36. The molecule has 2 aromatic rings. The molecule has 2 aliphatic heterocycles. The summed E-state index contributed by atoms with van der Waals surface area (Å²) in [5.41, 5.74) is 4.14. The van der Waals surface area contributed by atoms with E-state index in [1.54, 1.807) is 0 Å². The van der Waals surface area contributed by atoms with Gasteiger partial charge in [-0.2, -0.15) is 0 Å². The number of imide groups is 1. The summed E-state index contributed by atoms with van der Waals surface area (Å²) < 4.78 is 13.5. The lowest BCUT2D eigenvalue weighted by molar-refractivity contribution is -0.120. The van der Waals surface area contributed by atoms with Gasteiger partial charge in [0.2, 0.25) is 0 Å². The summed E-state index contributed by atoms with van der Waals surface area (Å²) in [5, 5.41) is 0. The number of carbonyl (C=O) groups is 2. The second kappa shape index (κ2) is 8.27. The molecule has 1 fully saturated rings. The normalized spacial score (nSPS) is 18.3. The smallest absolute Gasteiger partial charge is 0.282 e.